The molecule has 8 N–H and O–H groups in total. The van der Waals surface area contributed by atoms with Crippen molar-refractivity contribution in [1.82, 2.24) is 29.7 Å². The number of imide groups is 2. The fraction of sp³-hybridized carbons (Fsp3) is 0.333. The van der Waals surface area contributed by atoms with Crippen LogP contribution in [0.2, 0.25) is 0 Å². The van der Waals surface area contributed by atoms with E-state index in [1.807, 2.05) is 56.4 Å². The molecule has 1 fully saturated rings. The number of ether oxygens (including phenoxy) is 2. The maximum absolute atomic E-state index is 12.0. The molecule has 0 spiro atoms. The number of nitrogens with zero attached hydrogens (tertiary/aromatic N) is 4. The summed E-state index contributed by atoms with van der Waals surface area (Å²) >= 11 is 0. The van der Waals surface area contributed by atoms with Crippen molar-refractivity contribution in [1.29, 1.82) is 0 Å². The van der Waals surface area contributed by atoms with E-state index in [4.69, 9.17) is 19.7 Å². The van der Waals surface area contributed by atoms with Gasteiger partial charge >= 0.3 is 35.2 Å². The predicted molar refractivity (Wildman–Crippen MR) is 212 cm³/mol. The zero-order chi connectivity index (χ0) is 41.4. The summed E-state index contributed by atoms with van der Waals surface area (Å²) in [6.07, 6.45) is 0.375. The zero-order valence-electron chi connectivity index (χ0n) is 33.5. The number of imidazole rings is 1. The second kappa shape index (κ2) is 24.6. The van der Waals surface area contributed by atoms with E-state index in [0.29, 0.717) is 28.2 Å². The second-order valence-corrected chi connectivity index (χ2v) is 12.3. The van der Waals surface area contributed by atoms with Crippen LogP contribution in [0.25, 0.3) is 16.5 Å². The molecule has 4 atom stereocenters. The van der Waals surface area contributed by atoms with E-state index >= 15 is 0 Å². The molecular formula is C39H50N7NaO11. The number of amides is 4. The van der Waals surface area contributed by atoms with E-state index in [1.54, 1.807) is 63.5 Å². The summed E-state index contributed by atoms with van der Waals surface area (Å²) in [5.41, 5.74) is 0.160. The van der Waals surface area contributed by atoms with Crippen LogP contribution in [0, 0.1) is 0 Å². The number of aliphatic hydroxyl groups excluding tert-OH is 3. The number of aromatic nitrogens is 4. The van der Waals surface area contributed by atoms with Crippen LogP contribution in [-0.4, -0.2) is 97.3 Å². The molecule has 3 heterocycles. The standard InChI is InChI=1S/C12H12N2O3.C10H15NO.C10H14O4.C7H8N4O2.Na.H2O/c1-2-12(8-6-4-3-5-7-8)9(15)13-11(17)14-10(12)16;1-8(11-2)10(12)9-6-4-3-5-7-9;1-13-9-4-2-3-5-10(9)14-7-8(12)6-11;1-10-5-4(8-3-9-5)6(12)11(2)7(10)13;;/h3-7H,2H2,1H3,(H2,13,14,15,16,17);3-8,10-12H,1-2H3;2-5,8,11-12H,6-7H2,1H3;3H,1-2H3,(H,8,9);;1H2/q;;;;+1;/p-1/t;8-,10-;;;;/m.0..../s1. The van der Waals surface area contributed by atoms with Crippen molar-refractivity contribution in [3.8, 4) is 11.5 Å². The SMILES string of the molecule is CCC1(c2ccccc2)C(=O)[N-]C(=O)NC1=O.CN[C@@H](C)[C@H](O)c1ccccc1.COc1ccccc1OCC(O)CO.Cn1c(=O)c2[nH]cnc2n(C)c1=O.O.[Na+]. The summed E-state index contributed by atoms with van der Waals surface area (Å²) in [4.78, 5) is 64.3. The number of carbonyl (C=O) groups is 3. The number of fused-ring (bicyclic) bond motifs is 1. The molecule has 1 aliphatic heterocycles. The molecule has 19 heteroatoms. The normalized spacial score (nSPS) is 15.7. The van der Waals surface area contributed by atoms with Gasteiger partial charge in [-0.05, 0) is 43.7 Å². The van der Waals surface area contributed by atoms with Crippen LogP contribution in [0.5, 0.6) is 11.5 Å². The molecule has 308 valence electrons. The van der Waals surface area contributed by atoms with Gasteiger partial charge in [-0.25, -0.2) is 9.78 Å². The number of nitrogens with one attached hydrogen (secondary N) is 3. The van der Waals surface area contributed by atoms with Gasteiger partial charge in [-0.1, -0.05) is 79.7 Å². The number of urea groups is 1. The van der Waals surface area contributed by atoms with Gasteiger partial charge in [0.05, 0.1) is 26.1 Å². The van der Waals surface area contributed by atoms with Crippen molar-refractivity contribution in [2.75, 3.05) is 27.4 Å². The average molecular weight is 816 g/mol. The van der Waals surface area contributed by atoms with Crippen molar-refractivity contribution in [3.05, 3.63) is 129 Å². The first-order chi connectivity index (χ1) is 26.8. The van der Waals surface area contributed by atoms with Crippen molar-refractivity contribution in [2.45, 2.75) is 43.9 Å². The van der Waals surface area contributed by atoms with Crippen LogP contribution in [0.1, 0.15) is 37.5 Å². The first kappa shape index (κ1) is 50.8. The number of aliphatic hydroxyl groups is 3. The van der Waals surface area contributed by atoms with Crippen LogP contribution in [0.3, 0.4) is 0 Å². The molecule has 58 heavy (non-hydrogen) atoms. The third kappa shape index (κ3) is 12.7. The number of rotatable bonds is 10. The second-order valence-electron chi connectivity index (χ2n) is 12.3. The Labute approximate surface area is 356 Å². The number of carbonyl (C=O) groups excluding carboxylic acids is 3. The number of H-pyrrole nitrogens is 1. The summed E-state index contributed by atoms with van der Waals surface area (Å²) in [6.45, 7) is 3.42. The van der Waals surface area contributed by atoms with Crippen molar-refractivity contribution in [3.63, 3.8) is 0 Å². The monoisotopic (exact) mass is 815 g/mol. The molecular weight excluding hydrogens is 765 g/mol. The number of hydrogen-bond acceptors (Lipinski definition) is 12. The number of barbiturate groups is 1. The minimum Gasteiger partial charge on any atom is -0.493 e. The molecule has 3 aromatic carbocycles. The van der Waals surface area contributed by atoms with Crippen LogP contribution in [0.4, 0.5) is 4.79 Å². The summed E-state index contributed by atoms with van der Waals surface area (Å²) in [7, 11) is 6.40. The third-order valence-electron chi connectivity index (χ3n) is 8.78. The Bertz CT molecular complexity index is 2140. The van der Waals surface area contributed by atoms with Gasteiger partial charge in [0, 0.05) is 20.1 Å². The number of aromatic amines is 1. The fourth-order valence-electron chi connectivity index (χ4n) is 5.35. The van der Waals surface area contributed by atoms with Gasteiger partial charge in [0.2, 0.25) is 0 Å². The number of hydrogen-bond donors (Lipinski definition) is 6. The first-order valence-electron chi connectivity index (χ1n) is 17.5. The van der Waals surface area contributed by atoms with Crippen molar-refractivity contribution >= 4 is 29.0 Å². The van der Waals surface area contributed by atoms with Gasteiger partial charge in [-0.15, -0.1) is 0 Å². The zero-order valence-corrected chi connectivity index (χ0v) is 35.5. The largest absolute Gasteiger partial charge is 1.00 e. The minimum absolute atomic E-state index is 0. The molecule has 1 aliphatic rings. The van der Waals surface area contributed by atoms with Gasteiger partial charge < -0.3 is 51.2 Å². The van der Waals surface area contributed by atoms with Gasteiger partial charge in [-0.3, -0.25) is 28.3 Å². The Morgan fingerprint density at radius 1 is 0.897 bits per heavy atom. The van der Waals surface area contributed by atoms with Crippen LogP contribution in [-0.2, 0) is 29.1 Å². The van der Waals surface area contributed by atoms with E-state index < -0.39 is 35.5 Å². The Kier molecular flexibility index (Phi) is 21.5. The molecule has 0 radical (unpaired) electrons. The van der Waals surface area contributed by atoms with Gasteiger partial charge in [0.15, 0.2) is 35.0 Å². The van der Waals surface area contributed by atoms with E-state index in [0.717, 1.165) is 10.1 Å². The molecule has 18 nitrogen and oxygen atoms in total. The summed E-state index contributed by atoms with van der Waals surface area (Å²) < 4.78 is 12.7. The van der Waals surface area contributed by atoms with E-state index in [9.17, 15) is 29.1 Å². The quantitative estimate of drug-likeness (QED) is 0.0686. The number of likely N-dealkylation sites (N-methyl/N-ethyl adjacent to an activating group) is 1. The van der Waals surface area contributed by atoms with Gasteiger partial charge in [0.1, 0.15) is 23.6 Å². The molecule has 0 bridgehead atoms. The molecule has 0 saturated carbocycles. The average Bonchev–Trinajstić information content (AvgIpc) is 3.73. The molecule has 2 aromatic heterocycles. The topological polar surface area (TPSA) is 273 Å². The number of para-hydroxylation sites is 2. The van der Waals surface area contributed by atoms with Crippen molar-refractivity contribution in [2.24, 2.45) is 14.1 Å². The van der Waals surface area contributed by atoms with Crippen LogP contribution in [0.15, 0.2) is 101 Å². The summed E-state index contributed by atoms with van der Waals surface area (Å²) in [5.74, 6) is -0.128. The Hall–Kier alpha value is -5.18. The molecule has 4 amide bonds. The van der Waals surface area contributed by atoms with Crippen LogP contribution >= 0.6 is 0 Å². The third-order valence-corrected chi connectivity index (χ3v) is 8.78. The summed E-state index contributed by atoms with van der Waals surface area (Å²) in [5, 5.41) is 35.8. The van der Waals surface area contributed by atoms with E-state index in [-0.39, 0.29) is 72.0 Å². The van der Waals surface area contributed by atoms with Crippen LogP contribution < -0.4 is 60.9 Å². The first-order valence-corrected chi connectivity index (χ1v) is 17.5. The Morgan fingerprint density at radius 3 is 2.00 bits per heavy atom. The molecule has 2 unspecified atom stereocenters. The van der Waals surface area contributed by atoms with Gasteiger partial charge in [-0.2, -0.15) is 0 Å². The number of benzene rings is 3. The molecule has 1 saturated heterocycles. The fourth-order valence-corrected chi connectivity index (χ4v) is 5.35. The van der Waals surface area contributed by atoms with E-state index in [2.05, 4.69) is 25.9 Å². The van der Waals surface area contributed by atoms with Gasteiger partial charge in [0.25, 0.3) is 5.56 Å². The molecule has 5 aromatic rings. The molecule has 0 aliphatic carbocycles. The van der Waals surface area contributed by atoms with E-state index in [1.165, 1.54) is 17.9 Å². The maximum Gasteiger partial charge on any atom is 1.00 e. The number of aryl methyl sites for hydroxylation is 1. The van der Waals surface area contributed by atoms with Crippen molar-refractivity contribution < 1.29 is 74.2 Å². The summed E-state index contributed by atoms with van der Waals surface area (Å²) in [6, 6.07) is 24.7. The Morgan fingerprint density at radius 2 is 1.47 bits per heavy atom. The Balaban J connectivity index is 0.000000385. The smallest absolute Gasteiger partial charge is 0.493 e. The maximum atomic E-state index is 12.0. The molecule has 6 rings (SSSR count). The predicted octanol–water partition coefficient (Wildman–Crippen LogP) is -1.62. The number of methoxy groups -OCH3 is 1. The minimum atomic E-state index is -1.37.